The van der Waals surface area contributed by atoms with Crippen LogP contribution < -0.4 is 0 Å². The van der Waals surface area contributed by atoms with Crippen molar-refractivity contribution in [1.82, 2.24) is 4.90 Å². The van der Waals surface area contributed by atoms with Crippen molar-refractivity contribution in [2.45, 2.75) is 58.6 Å². The van der Waals surface area contributed by atoms with Crippen molar-refractivity contribution in [1.29, 1.82) is 0 Å². The predicted octanol–water partition coefficient (Wildman–Crippen LogP) is 2.20. The van der Waals surface area contributed by atoms with Gasteiger partial charge in [0.05, 0.1) is 18.8 Å². The molecule has 0 spiro atoms. The van der Waals surface area contributed by atoms with E-state index in [2.05, 4.69) is 4.90 Å². The SMILES string of the molecule is CC(C)(C)C(=O)N1CCOC2CCCCC21. The van der Waals surface area contributed by atoms with Gasteiger partial charge in [-0.15, -0.1) is 0 Å². The number of rotatable bonds is 0. The fourth-order valence-corrected chi connectivity index (χ4v) is 2.78. The highest BCUT2D eigenvalue weighted by molar-refractivity contribution is 5.82. The van der Waals surface area contributed by atoms with Crippen molar-refractivity contribution in [3.8, 4) is 0 Å². The summed E-state index contributed by atoms with van der Waals surface area (Å²) in [7, 11) is 0. The zero-order chi connectivity index (χ0) is 11.8. The maximum absolute atomic E-state index is 12.3. The monoisotopic (exact) mass is 225 g/mol. The molecule has 16 heavy (non-hydrogen) atoms. The first-order chi connectivity index (χ1) is 7.50. The quantitative estimate of drug-likeness (QED) is 0.632. The van der Waals surface area contributed by atoms with Crippen LogP contribution >= 0.6 is 0 Å². The standard InChI is InChI=1S/C13H23NO2/c1-13(2,3)12(15)14-8-9-16-11-7-5-4-6-10(11)14/h10-11H,4-9H2,1-3H3. The van der Waals surface area contributed by atoms with Crippen molar-refractivity contribution in [2.75, 3.05) is 13.2 Å². The molecule has 3 heteroatoms. The van der Waals surface area contributed by atoms with Gasteiger partial charge in [0, 0.05) is 12.0 Å². The highest BCUT2D eigenvalue weighted by Crippen LogP contribution is 2.31. The molecule has 1 heterocycles. The molecule has 92 valence electrons. The van der Waals surface area contributed by atoms with Crippen molar-refractivity contribution in [2.24, 2.45) is 5.41 Å². The molecule has 0 aromatic carbocycles. The van der Waals surface area contributed by atoms with Crippen LogP contribution in [0.25, 0.3) is 0 Å². The Kier molecular flexibility index (Phi) is 3.24. The van der Waals surface area contributed by atoms with E-state index in [0.29, 0.717) is 18.8 Å². The van der Waals surface area contributed by atoms with Crippen LogP contribution in [0.4, 0.5) is 0 Å². The second-order valence-electron chi connectivity index (χ2n) is 6.01. The molecule has 2 fully saturated rings. The van der Waals surface area contributed by atoms with Gasteiger partial charge in [-0.05, 0) is 12.8 Å². The molecule has 2 rings (SSSR count). The van der Waals surface area contributed by atoms with Crippen LogP contribution in [0, 0.1) is 5.41 Å². The Morgan fingerprint density at radius 1 is 1.25 bits per heavy atom. The van der Waals surface area contributed by atoms with Crippen LogP contribution in [0.2, 0.25) is 0 Å². The van der Waals surface area contributed by atoms with Crippen LogP contribution in [0.15, 0.2) is 0 Å². The lowest BCUT2D eigenvalue weighted by atomic mass is 9.87. The Bertz CT molecular complexity index is 268. The van der Waals surface area contributed by atoms with Gasteiger partial charge < -0.3 is 9.64 Å². The highest BCUT2D eigenvalue weighted by atomic mass is 16.5. The van der Waals surface area contributed by atoms with Gasteiger partial charge in [0.1, 0.15) is 0 Å². The lowest BCUT2D eigenvalue weighted by Gasteiger charge is -2.45. The number of ether oxygens (including phenoxy) is 1. The number of morpholine rings is 1. The number of amides is 1. The van der Waals surface area contributed by atoms with E-state index in [-0.39, 0.29) is 11.3 Å². The van der Waals surface area contributed by atoms with Crippen LogP contribution in [-0.4, -0.2) is 36.1 Å². The molecule has 0 N–H and O–H groups in total. The zero-order valence-corrected chi connectivity index (χ0v) is 10.7. The summed E-state index contributed by atoms with van der Waals surface area (Å²) < 4.78 is 5.78. The molecule has 2 atom stereocenters. The summed E-state index contributed by atoms with van der Waals surface area (Å²) in [5, 5.41) is 0. The fourth-order valence-electron chi connectivity index (χ4n) is 2.78. The lowest BCUT2D eigenvalue weighted by Crippen LogP contribution is -2.57. The molecular formula is C13H23NO2. The molecule has 0 radical (unpaired) electrons. The van der Waals surface area contributed by atoms with Crippen molar-refractivity contribution in [3.63, 3.8) is 0 Å². The van der Waals surface area contributed by atoms with Crippen LogP contribution in [-0.2, 0) is 9.53 Å². The van der Waals surface area contributed by atoms with E-state index in [0.717, 1.165) is 19.4 Å². The molecule has 0 bridgehead atoms. The van der Waals surface area contributed by atoms with E-state index >= 15 is 0 Å². The summed E-state index contributed by atoms with van der Waals surface area (Å²) in [5.74, 6) is 0.285. The summed E-state index contributed by atoms with van der Waals surface area (Å²) in [5.41, 5.74) is -0.265. The first-order valence-electron chi connectivity index (χ1n) is 6.43. The summed E-state index contributed by atoms with van der Waals surface area (Å²) >= 11 is 0. The van der Waals surface area contributed by atoms with Gasteiger partial charge in [-0.3, -0.25) is 4.79 Å². The van der Waals surface area contributed by atoms with Crippen LogP contribution in [0.1, 0.15) is 46.5 Å². The average Bonchev–Trinajstić information content (AvgIpc) is 2.26. The Morgan fingerprint density at radius 2 is 1.94 bits per heavy atom. The Balaban J connectivity index is 2.11. The molecule has 2 aliphatic rings. The Labute approximate surface area is 98.1 Å². The zero-order valence-electron chi connectivity index (χ0n) is 10.7. The first-order valence-corrected chi connectivity index (χ1v) is 6.43. The average molecular weight is 225 g/mol. The summed E-state index contributed by atoms with van der Waals surface area (Å²) in [4.78, 5) is 14.4. The van der Waals surface area contributed by atoms with Crippen molar-refractivity contribution in [3.05, 3.63) is 0 Å². The van der Waals surface area contributed by atoms with Gasteiger partial charge >= 0.3 is 0 Å². The Hall–Kier alpha value is -0.570. The van der Waals surface area contributed by atoms with E-state index < -0.39 is 0 Å². The third-order valence-corrected chi connectivity index (χ3v) is 3.63. The summed E-state index contributed by atoms with van der Waals surface area (Å²) in [6.45, 7) is 7.49. The smallest absolute Gasteiger partial charge is 0.228 e. The van der Waals surface area contributed by atoms with Crippen LogP contribution in [0.5, 0.6) is 0 Å². The molecule has 3 nitrogen and oxygen atoms in total. The second-order valence-corrected chi connectivity index (χ2v) is 6.01. The van der Waals surface area contributed by atoms with E-state index in [1.807, 2.05) is 20.8 Å². The molecule has 0 aromatic rings. The number of nitrogens with zero attached hydrogens (tertiary/aromatic N) is 1. The molecule has 2 unspecified atom stereocenters. The molecule has 1 aliphatic carbocycles. The summed E-state index contributed by atoms with van der Waals surface area (Å²) in [6.07, 6.45) is 5.02. The number of hydrogen-bond donors (Lipinski definition) is 0. The van der Waals surface area contributed by atoms with Gasteiger partial charge in [-0.2, -0.15) is 0 Å². The predicted molar refractivity (Wildman–Crippen MR) is 63.2 cm³/mol. The van der Waals surface area contributed by atoms with E-state index in [9.17, 15) is 4.79 Å². The van der Waals surface area contributed by atoms with Gasteiger partial charge in [0.25, 0.3) is 0 Å². The molecule has 1 saturated carbocycles. The maximum Gasteiger partial charge on any atom is 0.228 e. The maximum atomic E-state index is 12.3. The molecule has 1 amide bonds. The molecule has 0 aromatic heterocycles. The van der Waals surface area contributed by atoms with Crippen LogP contribution in [0.3, 0.4) is 0 Å². The largest absolute Gasteiger partial charge is 0.374 e. The van der Waals surface area contributed by atoms with Crippen molar-refractivity contribution >= 4 is 5.91 Å². The number of carbonyl (C=O) groups is 1. The number of fused-ring (bicyclic) bond motifs is 1. The van der Waals surface area contributed by atoms with Gasteiger partial charge in [0.15, 0.2) is 0 Å². The van der Waals surface area contributed by atoms with Gasteiger partial charge in [-0.25, -0.2) is 0 Å². The van der Waals surface area contributed by atoms with Gasteiger partial charge in [0.2, 0.25) is 5.91 Å². The van der Waals surface area contributed by atoms with Crippen molar-refractivity contribution < 1.29 is 9.53 Å². The first kappa shape index (κ1) is 11.9. The number of carbonyl (C=O) groups excluding carboxylic acids is 1. The van der Waals surface area contributed by atoms with Gasteiger partial charge in [-0.1, -0.05) is 33.6 Å². The fraction of sp³-hybridized carbons (Fsp3) is 0.923. The highest BCUT2D eigenvalue weighted by Gasteiger charge is 2.39. The lowest BCUT2D eigenvalue weighted by molar-refractivity contribution is -0.157. The molecular weight excluding hydrogens is 202 g/mol. The topological polar surface area (TPSA) is 29.5 Å². The third-order valence-electron chi connectivity index (χ3n) is 3.63. The van der Waals surface area contributed by atoms with E-state index in [1.165, 1.54) is 12.8 Å². The normalized spacial score (nSPS) is 31.1. The minimum Gasteiger partial charge on any atom is -0.374 e. The van der Waals surface area contributed by atoms with E-state index in [4.69, 9.17) is 4.74 Å². The minimum absolute atomic E-state index is 0.265. The Morgan fingerprint density at radius 3 is 2.62 bits per heavy atom. The molecule has 1 aliphatic heterocycles. The second kappa shape index (κ2) is 4.36. The summed E-state index contributed by atoms with van der Waals surface area (Å²) in [6, 6.07) is 0.342. The molecule has 1 saturated heterocycles. The number of hydrogen-bond acceptors (Lipinski definition) is 2. The third kappa shape index (κ3) is 2.24. The van der Waals surface area contributed by atoms with E-state index in [1.54, 1.807) is 0 Å². The minimum atomic E-state index is -0.265.